The van der Waals surface area contributed by atoms with E-state index in [9.17, 15) is 4.79 Å². The molecule has 1 aromatic carbocycles. The standard InChI is InChI=1S/C25H30N8O2S/c1-16-22(36-25(26-2)29-16)20-6-8-28-24(32-20)30-18-4-5-19-17(14-18)15-21(31-19)23(34)27-7-3-9-33-10-12-35-13-11-33/h4-6,8,14-15,31H,3,7,9-13H2,1-2H3,(H,26,29)(H,27,34)(H,28,30,32). The fourth-order valence-electron chi connectivity index (χ4n) is 4.17. The number of carbonyl (C=O) groups is 1. The van der Waals surface area contributed by atoms with Gasteiger partial charge in [0.25, 0.3) is 5.91 Å². The van der Waals surface area contributed by atoms with Crippen LogP contribution in [0.2, 0.25) is 0 Å². The van der Waals surface area contributed by atoms with Crippen LogP contribution in [0.3, 0.4) is 0 Å². The van der Waals surface area contributed by atoms with Crippen molar-refractivity contribution < 1.29 is 9.53 Å². The van der Waals surface area contributed by atoms with E-state index >= 15 is 0 Å². The van der Waals surface area contributed by atoms with Crippen LogP contribution >= 0.6 is 11.3 Å². The molecule has 1 aliphatic rings. The normalized spacial score (nSPS) is 14.2. The molecule has 1 aliphatic heterocycles. The van der Waals surface area contributed by atoms with Crippen molar-refractivity contribution in [3.63, 3.8) is 0 Å². The van der Waals surface area contributed by atoms with Crippen LogP contribution in [0.25, 0.3) is 21.5 Å². The first kappa shape index (κ1) is 24.2. The Kier molecular flexibility index (Phi) is 7.40. The van der Waals surface area contributed by atoms with Gasteiger partial charge in [-0.1, -0.05) is 11.3 Å². The molecule has 0 saturated carbocycles. The minimum absolute atomic E-state index is 0.0976. The quantitative estimate of drug-likeness (QED) is 0.254. The molecule has 0 bridgehead atoms. The summed E-state index contributed by atoms with van der Waals surface area (Å²) in [7, 11) is 1.86. The molecule has 10 nitrogen and oxygen atoms in total. The van der Waals surface area contributed by atoms with Gasteiger partial charge < -0.3 is 25.7 Å². The summed E-state index contributed by atoms with van der Waals surface area (Å²) in [5, 5.41) is 11.2. The first-order valence-electron chi connectivity index (χ1n) is 12.1. The second-order valence-corrected chi connectivity index (χ2v) is 9.62. The number of benzene rings is 1. The van der Waals surface area contributed by atoms with Crippen molar-refractivity contribution in [1.29, 1.82) is 0 Å². The van der Waals surface area contributed by atoms with Crippen molar-refractivity contribution in [2.45, 2.75) is 13.3 Å². The molecule has 0 aliphatic carbocycles. The van der Waals surface area contributed by atoms with E-state index in [1.54, 1.807) is 17.5 Å². The number of morpholine rings is 1. The van der Waals surface area contributed by atoms with E-state index < -0.39 is 0 Å². The molecule has 1 fully saturated rings. The molecule has 1 amide bonds. The van der Waals surface area contributed by atoms with Crippen molar-refractivity contribution >= 4 is 44.9 Å². The van der Waals surface area contributed by atoms with Crippen LogP contribution < -0.4 is 16.0 Å². The molecular formula is C25H30N8O2S. The van der Waals surface area contributed by atoms with E-state index in [4.69, 9.17) is 4.74 Å². The lowest BCUT2D eigenvalue weighted by Gasteiger charge is -2.26. The fourth-order valence-corrected chi connectivity index (χ4v) is 5.06. The van der Waals surface area contributed by atoms with E-state index in [0.29, 0.717) is 18.2 Å². The number of hydrogen-bond acceptors (Lipinski definition) is 9. The highest BCUT2D eigenvalue weighted by Crippen LogP contribution is 2.32. The lowest BCUT2D eigenvalue weighted by molar-refractivity contribution is 0.0374. The largest absolute Gasteiger partial charge is 0.379 e. The zero-order chi connectivity index (χ0) is 24.9. The van der Waals surface area contributed by atoms with Crippen LogP contribution in [-0.2, 0) is 4.74 Å². The summed E-state index contributed by atoms with van der Waals surface area (Å²) < 4.78 is 5.37. The van der Waals surface area contributed by atoms with Crippen LogP contribution in [0, 0.1) is 6.92 Å². The first-order chi connectivity index (χ1) is 17.6. The maximum absolute atomic E-state index is 12.6. The predicted molar refractivity (Wildman–Crippen MR) is 143 cm³/mol. The average Bonchev–Trinajstić information content (AvgIpc) is 3.50. The summed E-state index contributed by atoms with van der Waals surface area (Å²) in [5.41, 5.74) is 4.03. The number of aromatic amines is 1. The third-order valence-electron chi connectivity index (χ3n) is 6.06. The number of ether oxygens (including phenoxy) is 1. The van der Waals surface area contributed by atoms with Crippen LogP contribution in [0.15, 0.2) is 36.5 Å². The average molecular weight is 507 g/mol. The van der Waals surface area contributed by atoms with Crippen molar-refractivity contribution in [3.05, 3.63) is 47.9 Å². The molecule has 1 saturated heterocycles. The van der Waals surface area contributed by atoms with Crippen LogP contribution in [0.1, 0.15) is 22.6 Å². The van der Waals surface area contributed by atoms with Gasteiger partial charge in [0.1, 0.15) is 5.69 Å². The highest BCUT2D eigenvalue weighted by molar-refractivity contribution is 7.19. The molecule has 0 spiro atoms. The number of nitrogens with zero attached hydrogens (tertiary/aromatic N) is 4. The molecule has 4 aromatic rings. The summed E-state index contributed by atoms with van der Waals surface area (Å²) in [4.78, 5) is 32.8. The number of H-pyrrole nitrogens is 1. The molecule has 0 unspecified atom stereocenters. The monoisotopic (exact) mass is 506 g/mol. The van der Waals surface area contributed by atoms with Gasteiger partial charge >= 0.3 is 0 Å². The van der Waals surface area contributed by atoms with Crippen LogP contribution in [-0.4, -0.2) is 77.2 Å². The van der Waals surface area contributed by atoms with Crippen molar-refractivity contribution in [2.75, 3.05) is 57.1 Å². The Morgan fingerprint density at radius 3 is 2.86 bits per heavy atom. The number of aromatic nitrogens is 4. The molecule has 3 aromatic heterocycles. The van der Waals surface area contributed by atoms with Gasteiger partial charge in [-0.05, 0) is 50.2 Å². The van der Waals surface area contributed by atoms with Crippen LogP contribution in [0.5, 0.6) is 0 Å². The number of aryl methyl sites for hydroxylation is 1. The smallest absolute Gasteiger partial charge is 0.267 e. The molecule has 4 N–H and O–H groups in total. The van der Waals surface area contributed by atoms with Gasteiger partial charge in [0.2, 0.25) is 5.95 Å². The number of nitrogens with one attached hydrogen (secondary N) is 4. The zero-order valence-corrected chi connectivity index (χ0v) is 21.2. The lowest BCUT2D eigenvalue weighted by atomic mass is 10.2. The van der Waals surface area contributed by atoms with E-state index in [1.807, 2.05) is 44.3 Å². The van der Waals surface area contributed by atoms with Crippen molar-refractivity contribution in [3.8, 4) is 10.6 Å². The molecule has 5 rings (SSSR count). The maximum Gasteiger partial charge on any atom is 0.267 e. The number of anilines is 3. The third-order valence-corrected chi connectivity index (χ3v) is 7.26. The number of rotatable bonds is 9. The van der Waals surface area contributed by atoms with Crippen molar-refractivity contribution in [2.24, 2.45) is 0 Å². The van der Waals surface area contributed by atoms with Gasteiger partial charge in [-0.2, -0.15) is 0 Å². The van der Waals surface area contributed by atoms with E-state index in [2.05, 4.69) is 40.8 Å². The zero-order valence-electron chi connectivity index (χ0n) is 20.4. The summed E-state index contributed by atoms with van der Waals surface area (Å²) in [6.45, 7) is 7.08. The number of thiazole rings is 1. The minimum atomic E-state index is -0.0976. The van der Waals surface area contributed by atoms with Gasteiger partial charge in [0, 0.05) is 49.5 Å². The molecule has 4 heterocycles. The molecule has 188 valence electrons. The van der Waals surface area contributed by atoms with E-state index in [-0.39, 0.29) is 5.91 Å². The Morgan fingerprint density at radius 2 is 2.06 bits per heavy atom. The summed E-state index contributed by atoms with van der Waals surface area (Å²) in [6.07, 6.45) is 2.65. The Labute approximate surface area is 213 Å². The van der Waals surface area contributed by atoms with Gasteiger partial charge in [0.15, 0.2) is 5.13 Å². The van der Waals surface area contributed by atoms with Gasteiger partial charge in [-0.25, -0.2) is 15.0 Å². The maximum atomic E-state index is 12.6. The Balaban J connectivity index is 1.21. The highest BCUT2D eigenvalue weighted by Gasteiger charge is 2.13. The molecular weight excluding hydrogens is 476 g/mol. The second-order valence-electron chi connectivity index (χ2n) is 8.62. The SMILES string of the molecule is CNc1nc(C)c(-c2ccnc(Nc3ccc4[nH]c(C(=O)NCCCN5CCOCC5)cc4c3)n2)s1. The Bertz CT molecular complexity index is 1350. The lowest BCUT2D eigenvalue weighted by Crippen LogP contribution is -2.38. The molecule has 11 heteroatoms. The van der Waals surface area contributed by atoms with Gasteiger partial charge in [-0.15, -0.1) is 0 Å². The third kappa shape index (κ3) is 5.64. The first-order valence-corrected chi connectivity index (χ1v) is 12.9. The van der Waals surface area contributed by atoms with Crippen molar-refractivity contribution in [1.82, 2.24) is 30.2 Å². The second kappa shape index (κ2) is 11.0. The summed E-state index contributed by atoms with van der Waals surface area (Å²) in [5.74, 6) is 0.402. The van der Waals surface area contributed by atoms with Gasteiger partial charge in [-0.3, -0.25) is 9.69 Å². The number of fused-ring (bicyclic) bond motifs is 1. The summed E-state index contributed by atoms with van der Waals surface area (Å²) >= 11 is 1.56. The molecule has 36 heavy (non-hydrogen) atoms. The summed E-state index contributed by atoms with van der Waals surface area (Å²) in [6, 6.07) is 9.62. The highest BCUT2D eigenvalue weighted by atomic mass is 32.1. The molecule has 0 atom stereocenters. The number of amides is 1. The minimum Gasteiger partial charge on any atom is -0.379 e. The Hall–Kier alpha value is -3.54. The fraction of sp³-hybridized carbons (Fsp3) is 0.360. The van der Waals surface area contributed by atoms with E-state index in [1.165, 1.54) is 0 Å². The Morgan fingerprint density at radius 1 is 1.19 bits per heavy atom. The van der Waals surface area contributed by atoms with Gasteiger partial charge in [0.05, 0.1) is 29.5 Å². The molecule has 0 radical (unpaired) electrons. The number of hydrogen-bond donors (Lipinski definition) is 4. The van der Waals surface area contributed by atoms with Crippen LogP contribution in [0.4, 0.5) is 16.8 Å². The van der Waals surface area contributed by atoms with E-state index in [0.717, 1.165) is 77.3 Å². The predicted octanol–water partition coefficient (Wildman–Crippen LogP) is 3.63. The topological polar surface area (TPSA) is 120 Å². The number of carbonyl (C=O) groups excluding carboxylic acids is 1.